The minimum Gasteiger partial charge on any atom is -0.543 e. The summed E-state index contributed by atoms with van der Waals surface area (Å²) < 4.78 is 62.4. The van der Waals surface area contributed by atoms with Gasteiger partial charge in [0.15, 0.2) is 5.82 Å². The van der Waals surface area contributed by atoms with Crippen molar-refractivity contribution >= 4 is 64.6 Å². The molecule has 10 heterocycles. The summed E-state index contributed by atoms with van der Waals surface area (Å²) in [5.74, 6) is 0.189. The van der Waals surface area contributed by atoms with Gasteiger partial charge in [0.25, 0.3) is 8.32 Å². The van der Waals surface area contributed by atoms with E-state index in [0.717, 1.165) is 119 Å². The number of benzene rings is 3. The van der Waals surface area contributed by atoms with Crippen LogP contribution in [0.15, 0.2) is 48.7 Å². The molecule has 1 spiro atoms. The maximum atomic E-state index is 18.1. The third-order valence-corrected chi connectivity index (χ3v) is 28.0. The van der Waals surface area contributed by atoms with E-state index in [1.165, 1.54) is 11.6 Å². The topological polar surface area (TPSA) is 170 Å². The molecular formula is C69H90F2N10O7Si. The van der Waals surface area contributed by atoms with Crippen molar-refractivity contribution in [3.63, 3.8) is 0 Å². The molecule has 0 bridgehead atoms. The lowest BCUT2D eigenvalue weighted by Crippen LogP contribution is -2.56. The predicted octanol–water partition coefficient (Wildman–Crippen LogP) is 12.5. The average Bonchev–Trinajstić information content (AvgIpc) is 1.59. The van der Waals surface area contributed by atoms with Crippen molar-refractivity contribution in [2.75, 3.05) is 77.1 Å². The molecule has 0 saturated carbocycles. The Balaban J connectivity index is 0.673. The molecule has 3 aromatic carbocycles. The van der Waals surface area contributed by atoms with E-state index in [2.05, 4.69) is 79.8 Å². The van der Waals surface area contributed by atoms with Crippen LogP contribution in [0, 0.1) is 17.6 Å². The van der Waals surface area contributed by atoms with Crippen LogP contribution < -0.4 is 19.4 Å². The van der Waals surface area contributed by atoms with Gasteiger partial charge in [0.2, 0.25) is 11.8 Å². The number of nitrogens with one attached hydrogen (secondary N) is 1. The number of anilines is 1. The number of carbonyl (C=O) groups is 3. The highest BCUT2D eigenvalue weighted by molar-refractivity contribution is 6.78. The maximum absolute atomic E-state index is 18.1. The van der Waals surface area contributed by atoms with Crippen LogP contribution >= 0.6 is 0 Å². The molecule has 6 aromatic rings. The number of nitrogens with zero attached hydrogens (tertiary/aromatic N) is 9. The van der Waals surface area contributed by atoms with E-state index in [9.17, 15) is 14.4 Å². The second kappa shape index (κ2) is 24.7. The summed E-state index contributed by atoms with van der Waals surface area (Å²) in [6.45, 7) is 23.2. The first kappa shape index (κ1) is 61.5. The van der Waals surface area contributed by atoms with Crippen LogP contribution in [0.1, 0.15) is 161 Å². The highest BCUT2D eigenvalue weighted by Crippen LogP contribution is 2.48. The fourth-order valence-electron chi connectivity index (χ4n) is 17.4. The highest BCUT2D eigenvalue weighted by Gasteiger charge is 2.51. The van der Waals surface area contributed by atoms with E-state index < -0.39 is 20.1 Å². The number of aryl methyl sites for hydroxylation is 2. The molecule has 7 aliphatic heterocycles. The van der Waals surface area contributed by atoms with Gasteiger partial charge in [0.1, 0.15) is 41.8 Å². The largest absolute Gasteiger partial charge is 0.543 e. The Hall–Kier alpha value is -6.35. The van der Waals surface area contributed by atoms with Gasteiger partial charge in [0.05, 0.1) is 40.3 Å². The molecule has 1 N–H and O–H groups in total. The van der Waals surface area contributed by atoms with Crippen LogP contribution in [0.2, 0.25) is 16.6 Å². The summed E-state index contributed by atoms with van der Waals surface area (Å²) in [7, 11) is -0.517. The fraction of sp³-hybridized carbons (Fsp3) is 0.609. The van der Waals surface area contributed by atoms with E-state index in [0.29, 0.717) is 111 Å². The Kier molecular flexibility index (Phi) is 17.1. The van der Waals surface area contributed by atoms with Crippen molar-refractivity contribution in [1.82, 2.24) is 44.7 Å². The minimum atomic E-state index is -2.47. The summed E-state index contributed by atoms with van der Waals surface area (Å²) >= 11 is 0. The number of carbonyl (C=O) groups excluding carboxylic acids is 3. The summed E-state index contributed by atoms with van der Waals surface area (Å²) in [6, 6.07) is 13.6. The van der Waals surface area contributed by atoms with Gasteiger partial charge >= 0.3 is 12.1 Å². The maximum Gasteiger partial charge on any atom is 0.409 e. The Bertz CT molecular complexity index is 3650. The van der Waals surface area contributed by atoms with Gasteiger partial charge < -0.3 is 33.3 Å². The van der Waals surface area contributed by atoms with E-state index in [1.807, 2.05) is 35.7 Å². The van der Waals surface area contributed by atoms with Crippen LogP contribution in [0.25, 0.3) is 43.8 Å². The quantitative estimate of drug-likeness (QED) is 0.0676. The second-order valence-corrected chi connectivity index (χ2v) is 33.4. The number of imide groups is 1. The first-order valence-electron chi connectivity index (χ1n) is 33.4. The van der Waals surface area contributed by atoms with Gasteiger partial charge in [-0.05, 0) is 165 Å². The summed E-state index contributed by atoms with van der Waals surface area (Å²) in [4.78, 5) is 62.6. The van der Waals surface area contributed by atoms with Gasteiger partial charge in [0, 0.05) is 75.8 Å². The number of piperidine rings is 4. The zero-order chi connectivity index (χ0) is 62.1. The molecule has 7 aliphatic rings. The molecule has 476 valence electrons. The number of fused-ring (bicyclic) bond motifs is 4. The molecule has 3 amide bonds. The third kappa shape index (κ3) is 11.3. The van der Waals surface area contributed by atoms with Crippen molar-refractivity contribution in [3.05, 3.63) is 77.1 Å². The van der Waals surface area contributed by atoms with Crippen LogP contribution in [0.3, 0.4) is 0 Å². The van der Waals surface area contributed by atoms with Gasteiger partial charge in [-0.3, -0.25) is 29.5 Å². The van der Waals surface area contributed by atoms with Crippen LogP contribution in [0.5, 0.6) is 11.8 Å². The number of aromatic nitrogens is 5. The molecule has 13 rings (SSSR count). The normalized spacial score (nSPS) is 24.3. The van der Waals surface area contributed by atoms with Crippen LogP contribution in [-0.4, -0.2) is 155 Å². The van der Waals surface area contributed by atoms with Crippen molar-refractivity contribution < 1.29 is 41.8 Å². The summed E-state index contributed by atoms with van der Waals surface area (Å²) in [5, 5.41) is 10.2. The number of hydrogen-bond donors (Lipinski definition) is 1. The van der Waals surface area contributed by atoms with Crippen molar-refractivity contribution in [3.8, 4) is 23.0 Å². The number of likely N-dealkylation sites (tertiary alicyclic amines) is 2. The molecule has 20 heteroatoms. The molecule has 0 aliphatic carbocycles. The van der Waals surface area contributed by atoms with Gasteiger partial charge in [-0.2, -0.15) is 15.1 Å². The zero-order valence-electron chi connectivity index (χ0n) is 53.5. The fourth-order valence-corrected chi connectivity index (χ4v) is 22.6. The third-order valence-electron chi connectivity index (χ3n) is 22.0. The number of ether oxygens (including phenoxy) is 3. The van der Waals surface area contributed by atoms with E-state index in [-0.39, 0.29) is 74.8 Å². The van der Waals surface area contributed by atoms with Crippen molar-refractivity contribution in [2.45, 2.75) is 184 Å². The SMILES string of the molecule is CCc1c(F)ccc2cc(O[Si](C(C)C)(C(C)C)C(C)C)cc(-c3ncc4c(N5CCC[C@]6(CCO6)C5)nc(OC[C@@]56CCCN5[C@H](COC(=O)N5CCC(CN7CCC(c8cccc9c(C%10CCC(=O)NC%10=O)nn(C)c89)CC7)CC5)CC6)nc4c3F)c12. The number of pyridine rings is 1. The van der Waals surface area contributed by atoms with E-state index in [4.69, 9.17) is 38.7 Å². The van der Waals surface area contributed by atoms with E-state index in [1.54, 1.807) is 12.3 Å². The Morgan fingerprint density at radius 3 is 2.35 bits per heavy atom. The lowest BCUT2D eigenvalue weighted by molar-refractivity contribution is -0.151. The minimum absolute atomic E-state index is 0.0378. The molecule has 7 saturated heterocycles. The molecule has 1 unspecified atom stereocenters. The van der Waals surface area contributed by atoms with E-state index >= 15 is 8.78 Å². The number of amides is 3. The van der Waals surface area contributed by atoms with Crippen molar-refractivity contribution in [1.29, 1.82) is 0 Å². The first-order chi connectivity index (χ1) is 42.9. The Labute approximate surface area is 523 Å². The number of hydrogen-bond acceptors (Lipinski definition) is 14. The Morgan fingerprint density at radius 1 is 0.865 bits per heavy atom. The monoisotopic (exact) mass is 1240 g/mol. The molecule has 89 heavy (non-hydrogen) atoms. The molecule has 3 aromatic heterocycles. The predicted molar refractivity (Wildman–Crippen MR) is 343 cm³/mol. The molecule has 4 atom stereocenters. The average molecular weight is 1240 g/mol. The number of halogens is 2. The molecule has 0 radical (unpaired) electrons. The zero-order valence-corrected chi connectivity index (χ0v) is 54.5. The smallest absolute Gasteiger partial charge is 0.409 e. The van der Waals surface area contributed by atoms with Crippen LogP contribution in [0.4, 0.5) is 19.4 Å². The number of rotatable bonds is 17. The summed E-state index contributed by atoms with van der Waals surface area (Å²) in [6.07, 6.45) is 13.0. The molecule has 17 nitrogen and oxygen atoms in total. The highest BCUT2D eigenvalue weighted by atomic mass is 28.4. The van der Waals surface area contributed by atoms with Crippen LogP contribution in [-0.2, 0) is 32.5 Å². The number of para-hydroxylation sites is 1. The Morgan fingerprint density at radius 2 is 1.63 bits per heavy atom. The van der Waals surface area contributed by atoms with Crippen molar-refractivity contribution in [2.24, 2.45) is 13.0 Å². The molecular weight excluding hydrogens is 1150 g/mol. The molecule has 7 fully saturated rings. The van der Waals surface area contributed by atoms with Gasteiger partial charge in [-0.15, -0.1) is 0 Å². The lowest BCUT2D eigenvalue weighted by atomic mass is 9.86. The first-order valence-corrected chi connectivity index (χ1v) is 35.5. The lowest BCUT2D eigenvalue weighted by Gasteiger charge is -2.48. The van der Waals surface area contributed by atoms with Gasteiger partial charge in [-0.1, -0.05) is 72.7 Å². The van der Waals surface area contributed by atoms with Gasteiger partial charge in [-0.25, -0.2) is 13.6 Å². The second-order valence-electron chi connectivity index (χ2n) is 28.0. The standard InChI is InChI=1S/C69H90F2N10O7Si/c1-9-50-56(70)17-15-47-35-49(88-89(42(2)3,43(4)5)44(6)7)36-54(58(47)50)61-59(71)62-55(37-72-61)64(80-28-12-25-69(40-80)27-34-87-69)75-66(74-62)86-41-68-24-11-29-81(68)48(19-26-68)39-85-67(84)79-32-20-45(21-33-79)38-78-30-22-46(23-31-78)51-13-10-14-52-60(76-77(8)63(51)52)53-16-18-57(82)73-65(53)83/h10,13-15,17,35-37,42-46,48,53H,9,11-12,16,18-34,38-41H2,1-8H3,(H,73,82,83)/t48-,53?,68-,69-/m0/s1. The summed E-state index contributed by atoms with van der Waals surface area (Å²) in [5.41, 5.74) is 4.49.